The highest BCUT2D eigenvalue weighted by molar-refractivity contribution is 7.92. The Morgan fingerprint density at radius 2 is 1.48 bits per heavy atom. The molecule has 3 rings (SSSR count). The predicted molar refractivity (Wildman–Crippen MR) is 105 cm³/mol. The zero-order chi connectivity index (χ0) is 19.3. The smallest absolute Gasteiger partial charge is 0.263 e. The molecule has 0 atom stereocenters. The first kappa shape index (κ1) is 18.7. The van der Waals surface area contributed by atoms with Crippen LogP contribution in [0.4, 0.5) is 17.3 Å². The van der Waals surface area contributed by atoms with E-state index in [-0.39, 0.29) is 16.8 Å². The molecule has 0 spiro atoms. The Morgan fingerprint density at radius 3 is 2.07 bits per heavy atom. The predicted octanol–water partition coefficient (Wildman–Crippen LogP) is 3.81. The molecule has 0 saturated heterocycles. The normalized spacial score (nSPS) is 11.2. The molecule has 3 aromatic rings. The van der Waals surface area contributed by atoms with Crippen LogP contribution in [0.25, 0.3) is 0 Å². The highest BCUT2D eigenvalue weighted by Gasteiger charge is 2.14. The lowest BCUT2D eigenvalue weighted by Crippen LogP contribution is -2.14. The Labute approximate surface area is 158 Å². The van der Waals surface area contributed by atoms with Crippen LogP contribution >= 0.6 is 0 Å². The van der Waals surface area contributed by atoms with Crippen LogP contribution in [-0.2, 0) is 10.0 Å². The second-order valence-electron chi connectivity index (χ2n) is 6.04. The van der Waals surface area contributed by atoms with Crippen molar-refractivity contribution in [2.24, 2.45) is 0 Å². The van der Waals surface area contributed by atoms with E-state index in [1.54, 1.807) is 30.3 Å². The number of nitrogens with one attached hydrogen (secondary N) is 2. The average Bonchev–Trinajstić information content (AvgIpc) is 2.65. The number of sulfonamides is 1. The number of hydrogen-bond donors (Lipinski definition) is 2. The van der Waals surface area contributed by atoms with Gasteiger partial charge in [0, 0.05) is 5.69 Å². The molecule has 0 fully saturated rings. The van der Waals surface area contributed by atoms with Crippen LogP contribution in [0.2, 0.25) is 0 Å². The highest BCUT2D eigenvalue weighted by atomic mass is 32.2. The monoisotopic (exact) mass is 384 g/mol. The van der Waals surface area contributed by atoms with E-state index in [4.69, 9.17) is 4.74 Å². The number of benzene rings is 2. The van der Waals surface area contributed by atoms with Crippen LogP contribution in [0, 0.1) is 0 Å². The largest absolute Gasteiger partial charge is 0.491 e. The summed E-state index contributed by atoms with van der Waals surface area (Å²) in [6.07, 6.45) is 0.113. The molecule has 1 aromatic heterocycles. The Kier molecular flexibility index (Phi) is 5.56. The van der Waals surface area contributed by atoms with E-state index in [1.165, 1.54) is 12.1 Å². The summed E-state index contributed by atoms with van der Waals surface area (Å²) in [7, 11) is -3.69. The molecule has 140 valence electrons. The van der Waals surface area contributed by atoms with Crippen LogP contribution in [-0.4, -0.2) is 24.7 Å². The van der Waals surface area contributed by atoms with Crippen molar-refractivity contribution in [1.82, 2.24) is 10.2 Å². The van der Waals surface area contributed by atoms with Gasteiger partial charge in [-0.25, -0.2) is 8.42 Å². The third-order valence-electron chi connectivity index (χ3n) is 3.46. The minimum absolute atomic E-state index is 0.113. The van der Waals surface area contributed by atoms with Gasteiger partial charge < -0.3 is 10.1 Å². The van der Waals surface area contributed by atoms with Gasteiger partial charge in [-0.2, -0.15) is 0 Å². The first-order valence-corrected chi connectivity index (χ1v) is 9.86. The summed E-state index contributed by atoms with van der Waals surface area (Å²) in [5.41, 5.74) is 0.818. The van der Waals surface area contributed by atoms with Crippen molar-refractivity contribution in [2.75, 3.05) is 10.0 Å². The minimum atomic E-state index is -3.69. The number of aromatic nitrogens is 2. The van der Waals surface area contributed by atoms with E-state index in [0.29, 0.717) is 5.82 Å². The molecule has 0 bridgehead atoms. The third-order valence-corrected chi connectivity index (χ3v) is 4.83. The molecule has 0 amide bonds. The zero-order valence-corrected chi connectivity index (χ0v) is 15.8. The van der Waals surface area contributed by atoms with Crippen molar-refractivity contribution in [3.8, 4) is 5.75 Å². The van der Waals surface area contributed by atoms with Crippen LogP contribution in [0.1, 0.15) is 13.8 Å². The van der Waals surface area contributed by atoms with Crippen LogP contribution in [0.5, 0.6) is 5.75 Å². The van der Waals surface area contributed by atoms with Gasteiger partial charge >= 0.3 is 0 Å². The van der Waals surface area contributed by atoms with Crippen LogP contribution in [0.15, 0.2) is 71.6 Å². The molecule has 0 saturated carbocycles. The Balaban J connectivity index is 1.65. The lowest BCUT2D eigenvalue weighted by molar-refractivity contribution is 0.242. The first-order valence-electron chi connectivity index (χ1n) is 8.38. The molecule has 0 aliphatic rings. The molecular formula is C19H20N4O3S. The van der Waals surface area contributed by atoms with E-state index in [9.17, 15) is 8.42 Å². The minimum Gasteiger partial charge on any atom is -0.491 e. The fourth-order valence-electron chi connectivity index (χ4n) is 2.29. The van der Waals surface area contributed by atoms with Gasteiger partial charge in [-0.15, -0.1) is 10.2 Å². The van der Waals surface area contributed by atoms with Crippen molar-refractivity contribution >= 4 is 27.3 Å². The maximum Gasteiger partial charge on any atom is 0.263 e. The summed E-state index contributed by atoms with van der Waals surface area (Å²) in [5, 5.41) is 11.0. The molecule has 2 aromatic carbocycles. The van der Waals surface area contributed by atoms with Gasteiger partial charge in [0.2, 0.25) is 0 Å². The van der Waals surface area contributed by atoms with Crippen molar-refractivity contribution in [3.63, 3.8) is 0 Å². The van der Waals surface area contributed by atoms with E-state index in [2.05, 4.69) is 20.2 Å². The fourth-order valence-corrected chi connectivity index (χ4v) is 3.30. The van der Waals surface area contributed by atoms with Gasteiger partial charge in [-0.3, -0.25) is 4.72 Å². The Hall–Kier alpha value is -3.13. The van der Waals surface area contributed by atoms with Gasteiger partial charge in [0.1, 0.15) is 5.75 Å². The van der Waals surface area contributed by atoms with Gasteiger partial charge in [0.05, 0.1) is 11.0 Å². The SMILES string of the molecule is CC(C)Oc1ccc(Nc2ccc(NS(=O)(=O)c3ccccc3)nn2)cc1. The van der Waals surface area contributed by atoms with Crippen molar-refractivity contribution in [1.29, 1.82) is 0 Å². The standard InChI is InChI=1S/C19H20N4O3S/c1-14(2)26-16-10-8-15(9-11-16)20-18-12-13-19(22-21-18)23-27(24,25)17-6-4-3-5-7-17/h3-14H,1-2H3,(H,20,21)(H,22,23). The molecule has 1 heterocycles. The molecule has 27 heavy (non-hydrogen) atoms. The maximum absolute atomic E-state index is 12.3. The highest BCUT2D eigenvalue weighted by Crippen LogP contribution is 2.20. The van der Waals surface area contributed by atoms with Crippen molar-refractivity contribution in [2.45, 2.75) is 24.8 Å². The van der Waals surface area contributed by atoms with Crippen molar-refractivity contribution in [3.05, 3.63) is 66.7 Å². The number of rotatable bonds is 7. The number of nitrogens with zero attached hydrogens (tertiary/aromatic N) is 2. The van der Waals surface area contributed by atoms with Crippen LogP contribution < -0.4 is 14.8 Å². The average molecular weight is 384 g/mol. The Morgan fingerprint density at radius 1 is 0.852 bits per heavy atom. The van der Waals surface area contributed by atoms with Gasteiger partial charge in [0.15, 0.2) is 11.6 Å². The lowest BCUT2D eigenvalue weighted by atomic mass is 10.3. The topological polar surface area (TPSA) is 93.2 Å². The van der Waals surface area contributed by atoms with Crippen LogP contribution in [0.3, 0.4) is 0 Å². The van der Waals surface area contributed by atoms with E-state index in [0.717, 1.165) is 11.4 Å². The summed E-state index contributed by atoms with van der Waals surface area (Å²) in [5.74, 6) is 1.42. The molecule has 0 radical (unpaired) electrons. The fraction of sp³-hybridized carbons (Fsp3) is 0.158. The van der Waals surface area contributed by atoms with E-state index in [1.807, 2.05) is 38.1 Å². The quantitative estimate of drug-likeness (QED) is 0.643. The van der Waals surface area contributed by atoms with Crippen molar-refractivity contribution < 1.29 is 13.2 Å². The second-order valence-corrected chi connectivity index (χ2v) is 7.72. The molecule has 2 N–H and O–H groups in total. The van der Waals surface area contributed by atoms with E-state index >= 15 is 0 Å². The zero-order valence-electron chi connectivity index (χ0n) is 15.0. The maximum atomic E-state index is 12.3. The lowest BCUT2D eigenvalue weighted by Gasteiger charge is -2.11. The number of anilines is 3. The number of hydrogen-bond acceptors (Lipinski definition) is 6. The molecule has 0 aliphatic carbocycles. The van der Waals surface area contributed by atoms with Gasteiger partial charge in [-0.1, -0.05) is 18.2 Å². The third kappa shape index (κ3) is 5.18. The van der Waals surface area contributed by atoms with Gasteiger partial charge in [0.25, 0.3) is 10.0 Å². The first-order chi connectivity index (χ1) is 12.9. The molecule has 7 nitrogen and oxygen atoms in total. The van der Waals surface area contributed by atoms with E-state index < -0.39 is 10.0 Å². The summed E-state index contributed by atoms with van der Waals surface area (Å²) >= 11 is 0. The summed E-state index contributed by atoms with van der Waals surface area (Å²) in [6.45, 7) is 3.94. The molecule has 0 aliphatic heterocycles. The summed E-state index contributed by atoms with van der Waals surface area (Å²) in [4.78, 5) is 0.165. The summed E-state index contributed by atoms with van der Waals surface area (Å²) in [6, 6.07) is 18.7. The summed E-state index contributed by atoms with van der Waals surface area (Å²) < 4.78 is 32.6. The number of ether oxygens (including phenoxy) is 1. The molecular weight excluding hydrogens is 364 g/mol. The molecule has 8 heteroatoms. The van der Waals surface area contributed by atoms with Gasteiger partial charge in [-0.05, 0) is 62.4 Å². The Bertz CT molecular complexity index is 974. The second kappa shape index (κ2) is 8.05. The molecule has 0 unspecified atom stereocenters.